The number of benzene rings is 3. The lowest BCUT2D eigenvalue weighted by molar-refractivity contribution is -0.384. The summed E-state index contributed by atoms with van der Waals surface area (Å²) in [7, 11) is 0. The Morgan fingerprint density at radius 3 is 2.18 bits per heavy atom. The second-order valence-electron chi connectivity index (χ2n) is 6.89. The quantitative estimate of drug-likeness (QED) is 0.320. The second-order valence-corrected chi connectivity index (χ2v) is 6.89. The zero-order valence-electron chi connectivity index (χ0n) is 17.0. The van der Waals surface area contributed by atoms with Crippen LogP contribution in [0, 0.1) is 10.1 Å². The van der Waals surface area contributed by atoms with Crippen LogP contribution in [0.4, 0.5) is 29.3 Å². The number of alkyl halides is 3. The Bertz CT molecular complexity index is 1080. The number of halogens is 3. The van der Waals surface area contributed by atoms with Gasteiger partial charge in [0.05, 0.1) is 11.0 Å². The molecule has 0 saturated heterocycles. The van der Waals surface area contributed by atoms with Crippen molar-refractivity contribution in [2.24, 2.45) is 0 Å². The van der Waals surface area contributed by atoms with Crippen LogP contribution in [0.5, 0.6) is 5.75 Å². The molecule has 0 aliphatic heterocycles. The molecule has 0 saturated carbocycles. The predicted octanol–water partition coefficient (Wildman–Crippen LogP) is 5.10. The largest absolute Gasteiger partial charge is 0.573 e. The Labute approximate surface area is 186 Å². The number of nitrogens with one attached hydrogen (secondary N) is 3. The molecule has 0 fully saturated rings. The summed E-state index contributed by atoms with van der Waals surface area (Å²) in [5.74, 6) is -0.404. The van der Waals surface area contributed by atoms with Gasteiger partial charge in [0.2, 0.25) is 0 Å². The van der Waals surface area contributed by atoms with Crippen molar-refractivity contribution >= 4 is 17.4 Å². The molecule has 0 aliphatic rings. The number of hydrazine groups is 1. The summed E-state index contributed by atoms with van der Waals surface area (Å²) in [5, 5.41) is 13.3. The van der Waals surface area contributed by atoms with Gasteiger partial charge < -0.3 is 10.1 Å². The van der Waals surface area contributed by atoms with Gasteiger partial charge in [0.15, 0.2) is 0 Å². The minimum atomic E-state index is -4.80. The van der Waals surface area contributed by atoms with Gasteiger partial charge in [0.25, 0.3) is 5.69 Å². The van der Waals surface area contributed by atoms with Gasteiger partial charge in [-0.15, -0.1) is 13.2 Å². The predicted molar refractivity (Wildman–Crippen MR) is 114 cm³/mol. The van der Waals surface area contributed by atoms with Crippen molar-refractivity contribution in [2.75, 3.05) is 5.32 Å². The fourth-order valence-electron chi connectivity index (χ4n) is 2.98. The van der Waals surface area contributed by atoms with E-state index in [0.717, 1.165) is 23.3 Å². The number of carbonyl (C=O) groups excluding carboxylic acids is 1. The number of carbonyl (C=O) groups is 1. The van der Waals surface area contributed by atoms with E-state index < -0.39 is 23.1 Å². The molecule has 0 aromatic heterocycles. The zero-order valence-corrected chi connectivity index (χ0v) is 17.0. The topological polar surface area (TPSA) is 106 Å². The number of amides is 2. The number of rotatable bonds is 8. The lowest BCUT2D eigenvalue weighted by Gasteiger charge is -2.20. The molecular formula is C22H19F3N4O4. The van der Waals surface area contributed by atoms with Crippen molar-refractivity contribution in [3.05, 3.63) is 100 Å². The number of nitrogens with zero attached hydrogens (tertiary/aromatic N) is 1. The highest BCUT2D eigenvalue weighted by Gasteiger charge is 2.31. The molecule has 3 aromatic carbocycles. The monoisotopic (exact) mass is 460 g/mol. The summed E-state index contributed by atoms with van der Waals surface area (Å²) in [5.41, 5.74) is 7.34. The molecule has 33 heavy (non-hydrogen) atoms. The number of hydrogen-bond donors (Lipinski definition) is 3. The smallest absolute Gasteiger partial charge is 0.406 e. The van der Waals surface area contributed by atoms with E-state index in [-0.39, 0.29) is 17.4 Å². The van der Waals surface area contributed by atoms with Crippen LogP contribution in [-0.4, -0.2) is 17.3 Å². The molecule has 0 heterocycles. The van der Waals surface area contributed by atoms with Crippen molar-refractivity contribution in [2.45, 2.75) is 18.8 Å². The van der Waals surface area contributed by atoms with Crippen LogP contribution in [0.3, 0.4) is 0 Å². The lowest BCUT2D eigenvalue weighted by atomic mass is 9.99. The summed E-state index contributed by atoms with van der Waals surface area (Å²) in [6.07, 6.45) is -4.38. The van der Waals surface area contributed by atoms with Gasteiger partial charge >= 0.3 is 12.4 Å². The molecule has 0 spiro atoms. The van der Waals surface area contributed by atoms with E-state index in [4.69, 9.17) is 0 Å². The van der Waals surface area contributed by atoms with Crippen LogP contribution in [-0.2, 0) is 6.42 Å². The van der Waals surface area contributed by atoms with Crippen LogP contribution in [0.25, 0.3) is 0 Å². The maximum Gasteiger partial charge on any atom is 0.573 e. The van der Waals surface area contributed by atoms with Crippen LogP contribution in [0.15, 0.2) is 78.9 Å². The Hall–Kier alpha value is -4.12. The van der Waals surface area contributed by atoms with E-state index in [0.29, 0.717) is 6.42 Å². The summed E-state index contributed by atoms with van der Waals surface area (Å²) in [6.45, 7) is 0. The average molecular weight is 460 g/mol. The maximum atomic E-state index is 12.3. The van der Waals surface area contributed by atoms with Crippen LogP contribution in [0.2, 0.25) is 0 Å². The van der Waals surface area contributed by atoms with Gasteiger partial charge in [0, 0.05) is 17.8 Å². The lowest BCUT2D eigenvalue weighted by Crippen LogP contribution is -2.43. The Kier molecular flexibility index (Phi) is 7.46. The number of urea groups is 1. The van der Waals surface area contributed by atoms with Gasteiger partial charge in [-0.25, -0.2) is 10.2 Å². The molecular weight excluding hydrogens is 441 g/mol. The number of ether oxygens (including phenoxy) is 1. The summed E-state index contributed by atoms with van der Waals surface area (Å²) < 4.78 is 40.5. The SMILES string of the molecule is O=C(NNC(Cc1ccc([N+](=O)[O-])cc1)c1ccccc1)Nc1ccc(OC(F)(F)F)cc1. The van der Waals surface area contributed by atoms with Gasteiger partial charge in [-0.05, 0) is 41.8 Å². The molecule has 11 heteroatoms. The van der Waals surface area contributed by atoms with E-state index in [1.165, 1.54) is 24.3 Å². The van der Waals surface area contributed by atoms with Crippen LogP contribution in [0.1, 0.15) is 17.2 Å². The Morgan fingerprint density at radius 1 is 0.970 bits per heavy atom. The third-order valence-corrected chi connectivity index (χ3v) is 4.49. The number of nitro groups is 1. The number of non-ortho nitro benzene ring substituents is 1. The zero-order chi connectivity index (χ0) is 23.8. The second kappa shape index (κ2) is 10.5. The van der Waals surface area contributed by atoms with Crippen molar-refractivity contribution in [1.29, 1.82) is 0 Å². The maximum absolute atomic E-state index is 12.3. The standard InChI is InChI=1S/C22H19F3N4O4/c23-22(24,25)33-19-12-8-17(9-13-19)26-21(30)28-27-20(16-4-2-1-3-5-16)14-15-6-10-18(11-7-15)29(31)32/h1-13,20,27H,14H2,(H2,26,28,30). The molecule has 2 amide bonds. The summed E-state index contributed by atoms with van der Waals surface area (Å²) in [6, 6.07) is 19.0. The van der Waals surface area contributed by atoms with E-state index in [1.807, 2.05) is 30.3 Å². The fourth-order valence-corrected chi connectivity index (χ4v) is 2.98. The van der Waals surface area contributed by atoms with Gasteiger partial charge in [0.1, 0.15) is 5.75 Å². The fraction of sp³-hybridized carbons (Fsp3) is 0.136. The van der Waals surface area contributed by atoms with Crippen LogP contribution < -0.4 is 20.9 Å². The third-order valence-electron chi connectivity index (χ3n) is 4.49. The number of anilines is 1. The van der Waals surface area contributed by atoms with Crippen molar-refractivity contribution in [3.63, 3.8) is 0 Å². The Morgan fingerprint density at radius 2 is 1.61 bits per heavy atom. The van der Waals surface area contributed by atoms with E-state index in [9.17, 15) is 28.1 Å². The van der Waals surface area contributed by atoms with Crippen molar-refractivity contribution in [1.82, 2.24) is 10.9 Å². The first kappa shape index (κ1) is 23.5. The first-order chi connectivity index (χ1) is 15.7. The van der Waals surface area contributed by atoms with Gasteiger partial charge in [-0.2, -0.15) is 0 Å². The van der Waals surface area contributed by atoms with Gasteiger partial charge in [-0.1, -0.05) is 42.5 Å². The van der Waals surface area contributed by atoms with E-state index in [2.05, 4.69) is 20.9 Å². The van der Waals surface area contributed by atoms with Crippen molar-refractivity contribution in [3.8, 4) is 5.75 Å². The highest BCUT2D eigenvalue weighted by molar-refractivity contribution is 5.88. The molecule has 3 rings (SSSR count). The molecule has 0 radical (unpaired) electrons. The minimum absolute atomic E-state index is 0.0212. The molecule has 0 bridgehead atoms. The summed E-state index contributed by atoms with van der Waals surface area (Å²) >= 11 is 0. The first-order valence-electron chi connectivity index (χ1n) is 9.66. The minimum Gasteiger partial charge on any atom is -0.406 e. The summed E-state index contributed by atoms with van der Waals surface area (Å²) in [4.78, 5) is 22.6. The molecule has 172 valence electrons. The Balaban J connectivity index is 1.62. The molecule has 1 atom stereocenters. The first-order valence-corrected chi connectivity index (χ1v) is 9.66. The molecule has 0 aliphatic carbocycles. The highest BCUT2D eigenvalue weighted by atomic mass is 19.4. The molecule has 8 nitrogen and oxygen atoms in total. The molecule has 1 unspecified atom stereocenters. The third kappa shape index (κ3) is 7.51. The molecule has 3 aromatic rings. The van der Waals surface area contributed by atoms with E-state index in [1.54, 1.807) is 12.1 Å². The number of nitro benzene ring substituents is 1. The average Bonchev–Trinajstić information content (AvgIpc) is 2.78. The van der Waals surface area contributed by atoms with E-state index >= 15 is 0 Å². The van der Waals surface area contributed by atoms with Crippen molar-refractivity contribution < 1.29 is 27.6 Å². The van der Waals surface area contributed by atoms with Gasteiger partial charge in [-0.3, -0.25) is 15.5 Å². The molecule has 3 N–H and O–H groups in total. The normalized spacial score (nSPS) is 12.0. The van der Waals surface area contributed by atoms with Crippen LogP contribution >= 0.6 is 0 Å². The highest BCUT2D eigenvalue weighted by Crippen LogP contribution is 2.24. The number of hydrogen-bond acceptors (Lipinski definition) is 5.